The van der Waals surface area contributed by atoms with Crippen molar-refractivity contribution < 1.29 is 4.39 Å². The molecule has 0 radical (unpaired) electrons. The van der Waals surface area contributed by atoms with Gasteiger partial charge in [-0.1, -0.05) is 35.3 Å². The van der Waals surface area contributed by atoms with Gasteiger partial charge in [-0.05, 0) is 29.8 Å². The van der Waals surface area contributed by atoms with Gasteiger partial charge in [0.25, 0.3) is 0 Å². The van der Waals surface area contributed by atoms with Crippen molar-refractivity contribution in [3.05, 3.63) is 57.8 Å². The molecule has 0 aliphatic carbocycles. The van der Waals surface area contributed by atoms with Gasteiger partial charge < -0.3 is 4.90 Å². The molecular weight excluding hydrogens is 324 g/mol. The largest absolute Gasteiger partial charge is 0.369 e. The first-order valence-electron chi connectivity index (χ1n) is 6.45. The highest BCUT2D eigenvalue weighted by Crippen LogP contribution is 2.36. The van der Waals surface area contributed by atoms with Gasteiger partial charge in [0.1, 0.15) is 11.5 Å². The fourth-order valence-electron chi connectivity index (χ4n) is 1.66. The van der Waals surface area contributed by atoms with Gasteiger partial charge in [-0.25, -0.2) is 9.38 Å². The van der Waals surface area contributed by atoms with Crippen LogP contribution in [0, 0.1) is 5.82 Å². The van der Waals surface area contributed by atoms with Crippen molar-refractivity contribution in [2.75, 3.05) is 14.1 Å². The Morgan fingerprint density at radius 2 is 1.73 bits per heavy atom. The van der Waals surface area contributed by atoms with E-state index < -0.39 is 0 Å². The Balaban J connectivity index is 2.27. The first-order valence-corrected chi connectivity index (χ1v) is 7.20. The van der Waals surface area contributed by atoms with Crippen LogP contribution in [0.1, 0.15) is 5.56 Å². The minimum absolute atomic E-state index is 0.312. The molecule has 2 aromatic carbocycles. The third kappa shape index (κ3) is 4.55. The van der Waals surface area contributed by atoms with Crippen LogP contribution in [0.3, 0.4) is 0 Å². The summed E-state index contributed by atoms with van der Waals surface area (Å²) in [4.78, 5) is 10.2. The topological polar surface area (TPSA) is 28.0 Å². The second-order valence-corrected chi connectivity index (χ2v) is 5.59. The highest BCUT2D eigenvalue weighted by Gasteiger charge is 2.06. The molecular formula is C16H14Cl2FN3. The van der Waals surface area contributed by atoms with Crippen LogP contribution in [-0.4, -0.2) is 31.5 Å². The molecule has 0 aromatic heterocycles. The van der Waals surface area contributed by atoms with Crippen molar-refractivity contribution in [1.29, 1.82) is 0 Å². The van der Waals surface area contributed by atoms with Crippen molar-refractivity contribution >= 4 is 47.1 Å². The van der Waals surface area contributed by atoms with Crippen LogP contribution in [0.4, 0.5) is 15.8 Å². The Morgan fingerprint density at radius 1 is 1.05 bits per heavy atom. The monoisotopic (exact) mass is 337 g/mol. The van der Waals surface area contributed by atoms with E-state index in [1.807, 2.05) is 14.1 Å². The number of benzene rings is 2. The van der Waals surface area contributed by atoms with E-state index in [1.165, 1.54) is 12.1 Å². The molecule has 0 saturated heterocycles. The lowest BCUT2D eigenvalue weighted by molar-refractivity contribution is 0.627. The molecule has 0 N–H and O–H groups in total. The molecule has 0 amide bonds. The first kappa shape index (κ1) is 16.5. The van der Waals surface area contributed by atoms with E-state index >= 15 is 0 Å². The van der Waals surface area contributed by atoms with Crippen LogP contribution in [0.5, 0.6) is 0 Å². The molecule has 0 bridgehead atoms. The van der Waals surface area contributed by atoms with Crippen molar-refractivity contribution in [2.45, 2.75) is 0 Å². The highest BCUT2D eigenvalue weighted by atomic mass is 35.5. The number of hydrogen-bond acceptors (Lipinski definition) is 2. The van der Waals surface area contributed by atoms with Gasteiger partial charge in [-0.3, -0.25) is 4.99 Å². The molecule has 22 heavy (non-hydrogen) atoms. The number of halogens is 3. The van der Waals surface area contributed by atoms with Crippen LogP contribution in [0.2, 0.25) is 10.0 Å². The third-order valence-corrected chi connectivity index (χ3v) is 3.21. The molecule has 0 aliphatic heterocycles. The quantitative estimate of drug-likeness (QED) is 0.563. The molecule has 0 unspecified atom stereocenters. The zero-order valence-corrected chi connectivity index (χ0v) is 13.6. The molecule has 0 atom stereocenters. The lowest BCUT2D eigenvalue weighted by Crippen LogP contribution is -2.07. The number of rotatable bonds is 4. The lowest BCUT2D eigenvalue weighted by Gasteiger charge is -2.06. The Morgan fingerprint density at radius 3 is 2.32 bits per heavy atom. The second-order valence-electron chi connectivity index (χ2n) is 4.78. The van der Waals surface area contributed by atoms with Gasteiger partial charge in [0.2, 0.25) is 0 Å². The fourth-order valence-corrected chi connectivity index (χ4v) is 2.23. The van der Waals surface area contributed by atoms with Gasteiger partial charge in [0.15, 0.2) is 0 Å². The Bertz CT molecular complexity index is 704. The Hall–Kier alpha value is -1.91. The zero-order valence-electron chi connectivity index (χ0n) is 12.1. The first-order chi connectivity index (χ1) is 10.5. The average molecular weight is 338 g/mol. The molecule has 3 nitrogen and oxygen atoms in total. The summed E-state index contributed by atoms with van der Waals surface area (Å²) in [5, 5.41) is 0.800. The summed E-state index contributed by atoms with van der Waals surface area (Å²) in [6.45, 7) is 0. The minimum Gasteiger partial charge on any atom is -0.369 e. The van der Waals surface area contributed by atoms with Crippen LogP contribution in [0.15, 0.2) is 46.4 Å². The van der Waals surface area contributed by atoms with E-state index in [2.05, 4.69) is 9.98 Å². The predicted molar refractivity (Wildman–Crippen MR) is 92.0 cm³/mol. The Labute approximate surface area is 138 Å². The molecule has 0 heterocycles. The van der Waals surface area contributed by atoms with Gasteiger partial charge in [0, 0.05) is 20.3 Å². The lowest BCUT2D eigenvalue weighted by atomic mass is 10.2. The molecule has 2 aromatic rings. The standard InChI is InChI=1S/C16H14Cl2FN3/c1-22(2)10-21-16-14(17)7-13(8-15(16)18)20-9-11-4-3-5-12(19)6-11/h3-10H,1-2H3. The van der Waals surface area contributed by atoms with Crippen LogP contribution in [-0.2, 0) is 0 Å². The van der Waals surface area contributed by atoms with Crippen molar-refractivity contribution in [3.63, 3.8) is 0 Å². The van der Waals surface area contributed by atoms with E-state index in [1.54, 1.807) is 41.7 Å². The van der Waals surface area contributed by atoms with Gasteiger partial charge in [-0.15, -0.1) is 0 Å². The molecule has 6 heteroatoms. The zero-order chi connectivity index (χ0) is 16.1. The van der Waals surface area contributed by atoms with E-state index in [0.29, 0.717) is 27.0 Å². The molecule has 0 spiro atoms. The molecule has 0 saturated carbocycles. The van der Waals surface area contributed by atoms with E-state index in [0.717, 1.165) is 0 Å². The molecule has 0 aliphatic rings. The van der Waals surface area contributed by atoms with E-state index in [4.69, 9.17) is 23.2 Å². The summed E-state index contributed by atoms with van der Waals surface area (Å²) >= 11 is 12.3. The third-order valence-electron chi connectivity index (χ3n) is 2.63. The Kier molecular flexibility index (Phi) is 5.52. The normalized spacial score (nSPS) is 11.5. The maximum absolute atomic E-state index is 13.1. The molecule has 2 rings (SSSR count). The molecule has 0 fully saturated rings. The van der Waals surface area contributed by atoms with Gasteiger partial charge >= 0.3 is 0 Å². The maximum atomic E-state index is 13.1. The molecule has 114 valence electrons. The second kappa shape index (κ2) is 7.38. The van der Waals surface area contributed by atoms with Crippen LogP contribution < -0.4 is 0 Å². The van der Waals surface area contributed by atoms with Crippen molar-refractivity contribution in [1.82, 2.24) is 4.90 Å². The van der Waals surface area contributed by atoms with Gasteiger partial charge in [-0.2, -0.15) is 0 Å². The van der Waals surface area contributed by atoms with Gasteiger partial charge in [0.05, 0.1) is 22.1 Å². The van der Waals surface area contributed by atoms with Crippen molar-refractivity contribution in [3.8, 4) is 0 Å². The van der Waals surface area contributed by atoms with Crippen molar-refractivity contribution in [2.24, 2.45) is 9.98 Å². The summed E-state index contributed by atoms with van der Waals surface area (Å²) in [6.07, 6.45) is 3.16. The summed E-state index contributed by atoms with van der Waals surface area (Å²) in [5.41, 5.74) is 1.71. The van der Waals surface area contributed by atoms with Crippen LogP contribution >= 0.6 is 23.2 Å². The fraction of sp³-hybridized carbons (Fsp3) is 0.125. The predicted octanol–water partition coefficient (Wildman–Crippen LogP) is 5.10. The highest BCUT2D eigenvalue weighted by molar-refractivity contribution is 6.39. The summed E-state index contributed by atoms with van der Waals surface area (Å²) in [6, 6.07) is 9.46. The summed E-state index contributed by atoms with van der Waals surface area (Å²) in [7, 11) is 3.70. The van der Waals surface area contributed by atoms with Crippen LogP contribution in [0.25, 0.3) is 0 Å². The summed E-state index contributed by atoms with van der Waals surface area (Å²) in [5.74, 6) is -0.312. The maximum Gasteiger partial charge on any atom is 0.123 e. The minimum atomic E-state index is -0.312. The smallest absolute Gasteiger partial charge is 0.123 e. The summed E-state index contributed by atoms with van der Waals surface area (Å²) < 4.78 is 13.1. The number of nitrogens with zero attached hydrogens (tertiary/aromatic N) is 3. The van der Waals surface area contributed by atoms with E-state index in [9.17, 15) is 4.39 Å². The van der Waals surface area contributed by atoms with E-state index in [-0.39, 0.29) is 5.82 Å². The number of hydrogen-bond donors (Lipinski definition) is 0. The average Bonchev–Trinajstić information content (AvgIpc) is 2.44. The number of aliphatic imine (C=N–C) groups is 2. The SMILES string of the molecule is CN(C)C=Nc1c(Cl)cc(N=Cc2cccc(F)c2)cc1Cl.